The minimum Gasteiger partial charge on any atom is -0.858 e. The molecule has 0 saturated carbocycles. The van der Waals surface area contributed by atoms with E-state index in [9.17, 15) is 18.3 Å². The monoisotopic (exact) mass is 376 g/mol. The van der Waals surface area contributed by atoms with Gasteiger partial charge in [-0.3, -0.25) is 0 Å². The molecule has 0 N–H and O–H groups in total. The molecule has 1 aliphatic heterocycles. The van der Waals surface area contributed by atoms with Crippen molar-refractivity contribution in [3.05, 3.63) is 59.9 Å². The molecule has 7 nitrogen and oxygen atoms in total. The first-order chi connectivity index (χ1) is 12.3. The summed E-state index contributed by atoms with van der Waals surface area (Å²) in [7, 11) is -1.80. The van der Waals surface area contributed by atoms with Crippen LogP contribution in [0.4, 0.5) is 0 Å². The number of carbonyl (C=O) groups excluding carboxylic acids is 1. The molecule has 0 atom stereocenters. The third-order valence-electron chi connectivity index (χ3n) is 3.50. The lowest BCUT2D eigenvalue weighted by Gasteiger charge is -2.01. The first-order valence-corrected chi connectivity index (χ1v) is 9.53. The molecule has 0 fully saturated rings. The number of rotatable bonds is 4. The summed E-state index contributed by atoms with van der Waals surface area (Å²) in [6, 6.07) is 9.58. The number of ether oxygens (including phenoxy) is 1. The van der Waals surface area contributed by atoms with E-state index in [4.69, 9.17) is 4.74 Å². The highest BCUT2D eigenvalue weighted by molar-refractivity contribution is 7.90. The van der Waals surface area contributed by atoms with Gasteiger partial charge in [-0.25, -0.2) is 9.36 Å². The molecule has 0 bridgehead atoms. The van der Waals surface area contributed by atoms with Crippen molar-refractivity contribution in [2.24, 2.45) is 11.4 Å². The van der Waals surface area contributed by atoms with E-state index in [2.05, 4.69) is 11.3 Å². The van der Waals surface area contributed by atoms with Gasteiger partial charge in [0, 0.05) is 17.5 Å². The van der Waals surface area contributed by atoms with Crippen molar-refractivity contribution in [2.75, 3.05) is 6.61 Å². The van der Waals surface area contributed by atoms with Crippen LogP contribution in [0.15, 0.2) is 58.1 Å². The smallest absolute Gasteiger partial charge is 0.344 e. The number of hydrogen-bond donors (Lipinski definition) is 0. The van der Waals surface area contributed by atoms with Crippen molar-refractivity contribution in [1.82, 2.24) is 0 Å². The summed E-state index contributed by atoms with van der Waals surface area (Å²) in [5, 5.41) is 10.9. The number of aromatic nitrogens is 1. The number of nitrogens with zero attached hydrogens (tertiary/aromatic N) is 2. The van der Waals surface area contributed by atoms with Crippen LogP contribution in [-0.2, 0) is 21.8 Å². The molecule has 0 radical (unpaired) electrons. The van der Waals surface area contributed by atoms with E-state index in [1.54, 1.807) is 24.4 Å². The Bertz CT molecular complexity index is 923. The van der Waals surface area contributed by atoms with Crippen molar-refractivity contribution < 1.29 is 27.6 Å². The molecule has 26 heavy (non-hydrogen) atoms. The summed E-state index contributed by atoms with van der Waals surface area (Å²) in [6.45, 7) is 2.57. The zero-order valence-corrected chi connectivity index (χ0v) is 15.4. The minimum absolute atomic E-state index is 0.00926. The molecule has 0 aliphatic carbocycles. The Morgan fingerprint density at radius 3 is 2.62 bits per heavy atom. The normalized spacial score (nSPS) is 13.8. The molecule has 1 aromatic carbocycles. The van der Waals surface area contributed by atoms with Crippen molar-refractivity contribution in [2.45, 2.75) is 24.7 Å². The average molecular weight is 376 g/mol. The van der Waals surface area contributed by atoms with Crippen LogP contribution in [-0.4, -0.2) is 26.9 Å². The summed E-state index contributed by atoms with van der Waals surface area (Å²) in [6.07, 6.45) is 5.59. The fourth-order valence-electron chi connectivity index (χ4n) is 2.18. The molecule has 2 heterocycles. The second-order valence-electron chi connectivity index (χ2n) is 5.62. The quantitative estimate of drug-likeness (QED) is 0.450. The zero-order chi connectivity index (χ0) is 19.2. The Balaban J connectivity index is 0.000000189. The molecular formula is C18H20N2O5S. The minimum atomic E-state index is -3.68. The van der Waals surface area contributed by atoms with Gasteiger partial charge < -0.3 is 9.84 Å². The highest BCUT2D eigenvalue weighted by Crippen LogP contribution is 2.23. The van der Waals surface area contributed by atoms with E-state index in [1.807, 2.05) is 23.9 Å². The summed E-state index contributed by atoms with van der Waals surface area (Å²) in [4.78, 5) is 11.4. The summed E-state index contributed by atoms with van der Waals surface area (Å²) in [5.74, 6) is -0.916. The molecule has 0 unspecified atom stereocenters. The number of esters is 1. The third-order valence-corrected chi connectivity index (χ3v) is 4.82. The zero-order valence-electron chi connectivity index (χ0n) is 14.6. The second-order valence-corrected chi connectivity index (χ2v) is 7.19. The highest BCUT2D eigenvalue weighted by atomic mass is 32.2. The lowest BCUT2D eigenvalue weighted by atomic mass is 10.2. The Morgan fingerprint density at radius 2 is 1.96 bits per heavy atom. The Hall–Kier alpha value is -2.74. The number of hydrogen-bond acceptors (Lipinski definition) is 5. The van der Waals surface area contributed by atoms with Crippen LogP contribution in [0.1, 0.15) is 35.7 Å². The van der Waals surface area contributed by atoms with E-state index >= 15 is 0 Å². The van der Waals surface area contributed by atoms with Crippen LogP contribution in [0.3, 0.4) is 0 Å². The first kappa shape index (κ1) is 19.6. The predicted octanol–water partition coefficient (Wildman–Crippen LogP) is 0.964. The number of benzene rings is 1. The summed E-state index contributed by atoms with van der Waals surface area (Å²) >= 11 is 0. The lowest BCUT2D eigenvalue weighted by molar-refractivity contribution is -0.671. The molecule has 0 spiro atoms. The fraction of sp³-hybridized carbons (Fsp3) is 0.278. The SMILES string of the molecule is CCCCOC(=O)c1ccc[n+](C)c1.O=S1(=O)N=C([O-])c2ccccc21. The van der Waals surface area contributed by atoms with Crippen LogP contribution < -0.4 is 9.67 Å². The van der Waals surface area contributed by atoms with Gasteiger partial charge in [0.2, 0.25) is 0 Å². The predicted molar refractivity (Wildman–Crippen MR) is 93.0 cm³/mol. The number of fused-ring (bicyclic) bond motifs is 1. The van der Waals surface area contributed by atoms with Crippen LogP contribution in [0.2, 0.25) is 0 Å². The molecule has 8 heteroatoms. The topological polar surface area (TPSA) is 99.7 Å². The molecule has 0 saturated heterocycles. The highest BCUT2D eigenvalue weighted by Gasteiger charge is 2.22. The van der Waals surface area contributed by atoms with Crippen LogP contribution in [0, 0.1) is 0 Å². The summed E-state index contributed by atoms with van der Waals surface area (Å²) < 4.78 is 32.1. The van der Waals surface area contributed by atoms with Gasteiger partial charge in [0.05, 0.1) is 11.5 Å². The van der Waals surface area contributed by atoms with Gasteiger partial charge in [0.1, 0.15) is 12.6 Å². The largest absolute Gasteiger partial charge is 0.858 e. The van der Waals surface area contributed by atoms with Crippen molar-refractivity contribution in [1.29, 1.82) is 0 Å². The van der Waals surface area contributed by atoms with Gasteiger partial charge in [-0.05, 0) is 18.6 Å². The summed E-state index contributed by atoms with van der Waals surface area (Å²) in [5.41, 5.74) is 0.767. The maximum Gasteiger partial charge on any atom is 0.344 e. The Morgan fingerprint density at radius 1 is 1.23 bits per heavy atom. The van der Waals surface area contributed by atoms with Gasteiger partial charge in [-0.15, -0.1) is 0 Å². The van der Waals surface area contributed by atoms with E-state index in [0.717, 1.165) is 12.8 Å². The maximum atomic E-state index is 11.4. The van der Waals surface area contributed by atoms with Crippen LogP contribution in [0.25, 0.3) is 0 Å². The third kappa shape index (κ3) is 4.89. The molecule has 1 aromatic heterocycles. The first-order valence-electron chi connectivity index (χ1n) is 8.09. The average Bonchev–Trinajstić information content (AvgIpc) is 2.85. The lowest BCUT2D eigenvalue weighted by Crippen LogP contribution is -2.28. The molecule has 1 aliphatic rings. The van der Waals surface area contributed by atoms with Gasteiger partial charge in [0.15, 0.2) is 12.4 Å². The Labute approximate surface area is 152 Å². The van der Waals surface area contributed by atoms with E-state index < -0.39 is 15.9 Å². The second kappa shape index (κ2) is 8.57. The van der Waals surface area contributed by atoms with Gasteiger partial charge >= 0.3 is 5.97 Å². The van der Waals surface area contributed by atoms with E-state index in [0.29, 0.717) is 12.2 Å². The number of pyridine rings is 1. The van der Waals surface area contributed by atoms with Crippen molar-refractivity contribution >= 4 is 21.9 Å². The number of unbranched alkanes of at least 4 members (excludes halogenated alkanes) is 1. The molecule has 2 aromatic rings. The fourth-order valence-corrected chi connectivity index (χ4v) is 3.28. The molecule has 0 amide bonds. The van der Waals surface area contributed by atoms with Crippen molar-refractivity contribution in [3.63, 3.8) is 0 Å². The van der Waals surface area contributed by atoms with Gasteiger partial charge in [-0.2, -0.15) is 12.8 Å². The number of aryl methyl sites for hydroxylation is 1. The van der Waals surface area contributed by atoms with Crippen LogP contribution >= 0.6 is 0 Å². The number of carbonyl (C=O) groups is 1. The van der Waals surface area contributed by atoms with Gasteiger partial charge in [-0.1, -0.05) is 31.5 Å². The van der Waals surface area contributed by atoms with E-state index in [-0.39, 0.29) is 16.4 Å². The van der Waals surface area contributed by atoms with Gasteiger partial charge in [0.25, 0.3) is 10.0 Å². The van der Waals surface area contributed by atoms with Crippen molar-refractivity contribution in [3.8, 4) is 0 Å². The van der Waals surface area contributed by atoms with Crippen LogP contribution in [0.5, 0.6) is 0 Å². The Kier molecular flexibility index (Phi) is 6.46. The molecular weight excluding hydrogens is 356 g/mol. The van der Waals surface area contributed by atoms with E-state index in [1.165, 1.54) is 12.1 Å². The standard InChI is InChI=1S/C11H16NO2.C7H5NO3S/c1-3-4-8-14-11(13)10-6-5-7-12(2)9-10;9-7-5-3-1-2-4-6(5)12(10,11)8-7/h5-7,9H,3-4,8H2,1-2H3;1-4H,(H,8,9)/q+1;/p-1. The maximum absolute atomic E-state index is 11.4. The number of sulfonamides is 1. The molecule has 3 rings (SSSR count). The molecule has 138 valence electrons.